The van der Waals surface area contributed by atoms with E-state index < -0.39 is 9.84 Å². The second-order valence-electron chi connectivity index (χ2n) is 3.45. The predicted molar refractivity (Wildman–Crippen MR) is 58.3 cm³/mol. The molecule has 0 saturated carbocycles. The Morgan fingerprint density at radius 2 is 2.00 bits per heavy atom. The van der Waals surface area contributed by atoms with Gasteiger partial charge in [0.15, 0.2) is 9.84 Å². The van der Waals surface area contributed by atoms with Gasteiger partial charge in [-0.05, 0) is 0 Å². The molecular weight excluding hydrogens is 216 g/mol. The molecule has 0 aromatic rings. The zero-order valence-electron chi connectivity index (χ0n) is 8.61. The van der Waals surface area contributed by atoms with Crippen molar-refractivity contribution >= 4 is 15.7 Å². The average molecular weight is 232 g/mol. The Hall–Kier alpha value is -0.880. The van der Waals surface area contributed by atoms with Crippen molar-refractivity contribution in [3.63, 3.8) is 0 Å². The first-order chi connectivity index (χ1) is 7.05. The highest BCUT2D eigenvalue weighted by Crippen LogP contribution is 2.03. The van der Waals surface area contributed by atoms with E-state index in [4.69, 9.17) is 0 Å². The van der Waals surface area contributed by atoms with Crippen LogP contribution in [0.2, 0.25) is 0 Å². The van der Waals surface area contributed by atoms with Crippen LogP contribution in [0.1, 0.15) is 0 Å². The molecule has 0 spiro atoms. The monoisotopic (exact) mass is 232 g/mol. The van der Waals surface area contributed by atoms with Crippen molar-refractivity contribution in [3.05, 3.63) is 12.7 Å². The maximum absolute atomic E-state index is 11.5. The van der Waals surface area contributed by atoms with Crippen LogP contribution in [0.15, 0.2) is 12.7 Å². The van der Waals surface area contributed by atoms with Crippen LogP contribution < -0.4 is 5.32 Å². The van der Waals surface area contributed by atoms with E-state index in [2.05, 4.69) is 11.9 Å². The van der Waals surface area contributed by atoms with Gasteiger partial charge in [0.25, 0.3) is 0 Å². The summed E-state index contributed by atoms with van der Waals surface area (Å²) in [5.74, 6) is 0.118. The van der Waals surface area contributed by atoms with E-state index >= 15 is 0 Å². The highest BCUT2D eigenvalue weighted by Gasteiger charge is 2.24. The molecule has 1 heterocycles. The summed E-state index contributed by atoms with van der Waals surface area (Å²) >= 11 is 0. The van der Waals surface area contributed by atoms with Crippen molar-refractivity contribution < 1.29 is 13.2 Å². The molecule has 1 aliphatic heterocycles. The number of hydrogen-bond acceptors (Lipinski definition) is 4. The molecule has 1 amide bonds. The van der Waals surface area contributed by atoms with E-state index in [1.54, 1.807) is 11.0 Å². The van der Waals surface area contributed by atoms with Gasteiger partial charge in [-0.3, -0.25) is 4.79 Å². The van der Waals surface area contributed by atoms with Gasteiger partial charge < -0.3 is 10.2 Å². The summed E-state index contributed by atoms with van der Waals surface area (Å²) in [5, 5.41) is 2.89. The number of hydrogen-bond donors (Lipinski definition) is 1. The molecular formula is C9H16N2O3S. The van der Waals surface area contributed by atoms with Gasteiger partial charge in [-0.1, -0.05) is 6.08 Å². The standard InChI is InChI=1S/C9H16N2O3S/c1-2-3-10-8-9(12)11-4-6-15(13,14)7-5-11/h2,10H,1,3-8H2. The third-order valence-corrected chi connectivity index (χ3v) is 3.87. The lowest BCUT2D eigenvalue weighted by Crippen LogP contribution is -2.46. The number of rotatable bonds is 4. The van der Waals surface area contributed by atoms with Crippen LogP contribution in [0.4, 0.5) is 0 Å². The zero-order valence-corrected chi connectivity index (χ0v) is 9.42. The van der Waals surface area contributed by atoms with Crippen molar-refractivity contribution in [3.8, 4) is 0 Å². The minimum atomic E-state index is -2.90. The van der Waals surface area contributed by atoms with Crippen molar-refractivity contribution in [1.82, 2.24) is 10.2 Å². The van der Waals surface area contributed by atoms with Crippen LogP contribution in [-0.2, 0) is 14.6 Å². The third-order valence-electron chi connectivity index (χ3n) is 2.26. The second-order valence-corrected chi connectivity index (χ2v) is 5.76. The summed E-state index contributed by atoms with van der Waals surface area (Å²) in [6.45, 7) is 4.98. The molecule has 0 aliphatic carbocycles. The van der Waals surface area contributed by atoms with E-state index in [-0.39, 0.29) is 24.0 Å². The van der Waals surface area contributed by atoms with Crippen molar-refractivity contribution in [2.24, 2.45) is 0 Å². The molecule has 0 aromatic heterocycles. The average Bonchev–Trinajstić information content (AvgIpc) is 2.18. The fraction of sp³-hybridized carbons (Fsp3) is 0.667. The van der Waals surface area contributed by atoms with E-state index in [1.807, 2.05) is 0 Å². The largest absolute Gasteiger partial charge is 0.340 e. The molecule has 0 atom stereocenters. The highest BCUT2D eigenvalue weighted by molar-refractivity contribution is 7.91. The number of carbonyl (C=O) groups excluding carboxylic acids is 1. The minimum absolute atomic E-state index is 0.0493. The number of nitrogens with one attached hydrogen (secondary N) is 1. The fourth-order valence-electron chi connectivity index (χ4n) is 1.35. The number of nitrogens with zero attached hydrogens (tertiary/aromatic N) is 1. The molecule has 1 fully saturated rings. The maximum atomic E-state index is 11.5. The van der Waals surface area contributed by atoms with Crippen LogP contribution in [0, 0.1) is 0 Å². The highest BCUT2D eigenvalue weighted by atomic mass is 32.2. The van der Waals surface area contributed by atoms with Crippen LogP contribution >= 0.6 is 0 Å². The van der Waals surface area contributed by atoms with E-state index in [1.165, 1.54) is 0 Å². The molecule has 1 saturated heterocycles. The number of amides is 1. The topological polar surface area (TPSA) is 66.5 Å². The summed E-state index contributed by atoms with van der Waals surface area (Å²) < 4.78 is 22.2. The Morgan fingerprint density at radius 3 is 2.53 bits per heavy atom. The lowest BCUT2D eigenvalue weighted by atomic mass is 10.4. The molecule has 6 heteroatoms. The van der Waals surface area contributed by atoms with Gasteiger partial charge in [-0.2, -0.15) is 0 Å². The van der Waals surface area contributed by atoms with Gasteiger partial charge in [0.1, 0.15) is 0 Å². The Labute approximate surface area is 90.1 Å². The molecule has 0 aromatic carbocycles. The SMILES string of the molecule is C=CCNCC(=O)N1CCS(=O)(=O)CC1. The quantitative estimate of drug-likeness (QED) is 0.500. The minimum Gasteiger partial charge on any atom is -0.340 e. The first kappa shape index (κ1) is 12.2. The van der Waals surface area contributed by atoms with Crippen LogP contribution in [0.3, 0.4) is 0 Å². The smallest absolute Gasteiger partial charge is 0.236 e. The van der Waals surface area contributed by atoms with E-state index in [0.717, 1.165) is 0 Å². The molecule has 0 radical (unpaired) electrons. The number of carbonyl (C=O) groups is 1. The lowest BCUT2D eigenvalue weighted by molar-refractivity contribution is -0.129. The molecule has 1 rings (SSSR count). The Balaban J connectivity index is 2.33. The van der Waals surface area contributed by atoms with Gasteiger partial charge >= 0.3 is 0 Å². The van der Waals surface area contributed by atoms with E-state index in [0.29, 0.717) is 19.6 Å². The summed E-state index contributed by atoms with van der Waals surface area (Å²) in [6.07, 6.45) is 1.67. The van der Waals surface area contributed by atoms with Crippen LogP contribution in [0.5, 0.6) is 0 Å². The third kappa shape index (κ3) is 4.01. The van der Waals surface area contributed by atoms with E-state index in [9.17, 15) is 13.2 Å². The first-order valence-corrected chi connectivity index (χ1v) is 6.67. The summed E-state index contributed by atoms with van der Waals surface area (Å²) in [7, 11) is -2.90. The Bertz CT molecular complexity index is 323. The first-order valence-electron chi connectivity index (χ1n) is 4.85. The van der Waals surface area contributed by atoms with Gasteiger partial charge in [-0.25, -0.2) is 8.42 Å². The Morgan fingerprint density at radius 1 is 1.40 bits per heavy atom. The van der Waals surface area contributed by atoms with Gasteiger partial charge in [0.05, 0.1) is 18.1 Å². The van der Waals surface area contributed by atoms with Crippen molar-refractivity contribution in [1.29, 1.82) is 0 Å². The van der Waals surface area contributed by atoms with Crippen molar-refractivity contribution in [2.45, 2.75) is 0 Å². The van der Waals surface area contributed by atoms with Gasteiger partial charge in [0, 0.05) is 19.6 Å². The van der Waals surface area contributed by atoms with Crippen LogP contribution in [-0.4, -0.2) is 56.9 Å². The molecule has 0 bridgehead atoms. The summed E-state index contributed by atoms with van der Waals surface area (Å²) in [5.41, 5.74) is 0. The van der Waals surface area contributed by atoms with Crippen molar-refractivity contribution in [2.75, 3.05) is 37.7 Å². The fourth-order valence-corrected chi connectivity index (χ4v) is 2.56. The molecule has 15 heavy (non-hydrogen) atoms. The molecule has 1 N–H and O–H groups in total. The molecule has 86 valence electrons. The predicted octanol–water partition coefficient (Wildman–Crippen LogP) is -0.981. The van der Waals surface area contributed by atoms with Crippen LogP contribution in [0.25, 0.3) is 0 Å². The Kier molecular flexibility index (Phi) is 4.28. The second kappa shape index (κ2) is 5.27. The van der Waals surface area contributed by atoms with Gasteiger partial charge in [-0.15, -0.1) is 6.58 Å². The molecule has 5 nitrogen and oxygen atoms in total. The molecule has 0 unspecified atom stereocenters. The zero-order chi connectivity index (χ0) is 11.3. The summed E-state index contributed by atoms with van der Waals surface area (Å²) in [4.78, 5) is 13.1. The number of sulfone groups is 1. The lowest BCUT2D eigenvalue weighted by Gasteiger charge is -2.26. The summed E-state index contributed by atoms with van der Waals surface area (Å²) in [6, 6.07) is 0. The van der Waals surface area contributed by atoms with Gasteiger partial charge in [0.2, 0.25) is 5.91 Å². The maximum Gasteiger partial charge on any atom is 0.236 e. The molecule has 1 aliphatic rings. The normalized spacial score (nSPS) is 19.9.